The summed E-state index contributed by atoms with van der Waals surface area (Å²) in [6, 6.07) is 12.5. The van der Waals surface area contributed by atoms with Crippen LogP contribution in [0.25, 0.3) is 16.4 Å². The van der Waals surface area contributed by atoms with Crippen LogP contribution in [0.1, 0.15) is 30.9 Å². The third-order valence-electron chi connectivity index (χ3n) is 4.36. The number of para-hydroxylation sites is 1. The number of hydrogen-bond acceptors (Lipinski definition) is 5. The van der Waals surface area contributed by atoms with Crippen LogP contribution in [-0.2, 0) is 4.79 Å². The number of hydrogen-bond donors (Lipinski definition) is 2. The monoisotopic (exact) mass is 383 g/mol. The van der Waals surface area contributed by atoms with Crippen LogP contribution in [0.15, 0.2) is 47.8 Å². The van der Waals surface area contributed by atoms with E-state index in [1.807, 2.05) is 61.7 Å². The molecule has 3 N–H and O–H groups in total. The van der Waals surface area contributed by atoms with Crippen LogP contribution >= 0.6 is 11.3 Å². The van der Waals surface area contributed by atoms with E-state index in [1.165, 1.54) is 11.3 Å². The molecule has 1 aromatic carbocycles. The smallest absolute Gasteiger partial charge is 0.291 e. The molecular formula is C19H21N5O2S. The van der Waals surface area contributed by atoms with Crippen LogP contribution in [-0.4, -0.2) is 32.6 Å². The molecule has 0 saturated heterocycles. The minimum atomic E-state index is -0.767. The Hall–Kier alpha value is -3.00. The summed E-state index contributed by atoms with van der Waals surface area (Å²) in [5, 5.41) is 8.99. The number of nitrogens with one attached hydrogen (secondary N) is 1. The Morgan fingerprint density at radius 2 is 1.96 bits per heavy atom. The maximum atomic E-state index is 12.7. The van der Waals surface area contributed by atoms with Gasteiger partial charge in [-0.05, 0) is 29.5 Å². The predicted octanol–water partition coefficient (Wildman–Crippen LogP) is 2.63. The van der Waals surface area contributed by atoms with Gasteiger partial charge in [-0.3, -0.25) is 9.59 Å². The van der Waals surface area contributed by atoms with Crippen LogP contribution in [0.2, 0.25) is 0 Å². The highest BCUT2D eigenvalue weighted by molar-refractivity contribution is 7.13. The first kappa shape index (κ1) is 18.8. The van der Waals surface area contributed by atoms with E-state index in [1.54, 1.807) is 4.68 Å². The lowest BCUT2D eigenvalue weighted by atomic mass is 9.98. The fraction of sp³-hybridized carbons (Fsp3) is 0.263. The number of carbonyl (C=O) groups is 2. The molecule has 27 heavy (non-hydrogen) atoms. The molecule has 140 valence electrons. The third-order valence-corrected chi connectivity index (χ3v) is 5.22. The zero-order valence-corrected chi connectivity index (χ0v) is 15.9. The third kappa shape index (κ3) is 4.06. The number of primary amides is 1. The van der Waals surface area contributed by atoms with Crippen LogP contribution < -0.4 is 11.1 Å². The van der Waals surface area contributed by atoms with Crippen molar-refractivity contribution in [1.29, 1.82) is 0 Å². The molecule has 0 aliphatic carbocycles. The summed E-state index contributed by atoms with van der Waals surface area (Å²) >= 11 is 1.51. The quantitative estimate of drug-likeness (QED) is 0.654. The second-order valence-corrected chi connectivity index (χ2v) is 7.17. The number of benzene rings is 1. The van der Waals surface area contributed by atoms with Gasteiger partial charge in [-0.2, -0.15) is 0 Å². The number of carbonyl (C=O) groups excluding carboxylic acids is 2. The molecule has 3 aromatic rings. The van der Waals surface area contributed by atoms with E-state index in [4.69, 9.17) is 5.73 Å². The highest BCUT2D eigenvalue weighted by Crippen LogP contribution is 2.25. The lowest BCUT2D eigenvalue weighted by molar-refractivity contribution is -0.120. The maximum absolute atomic E-state index is 12.7. The van der Waals surface area contributed by atoms with Gasteiger partial charge in [-0.1, -0.05) is 44.5 Å². The average Bonchev–Trinajstić information content (AvgIpc) is 3.35. The van der Waals surface area contributed by atoms with Crippen molar-refractivity contribution in [2.45, 2.75) is 26.3 Å². The molecule has 0 aliphatic heterocycles. The first-order valence-corrected chi connectivity index (χ1v) is 9.55. The van der Waals surface area contributed by atoms with Gasteiger partial charge in [0.05, 0.1) is 10.6 Å². The van der Waals surface area contributed by atoms with Crippen LogP contribution in [0.4, 0.5) is 0 Å². The summed E-state index contributed by atoms with van der Waals surface area (Å²) in [4.78, 5) is 29.7. The van der Waals surface area contributed by atoms with Crippen molar-refractivity contribution in [3.05, 3.63) is 53.7 Å². The lowest BCUT2D eigenvalue weighted by Gasteiger charge is -2.20. The molecule has 0 aliphatic rings. The average molecular weight is 383 g/mol. The van der Waals surface area contributed by atoms with Crippen molar-refractivity contribution in [2.75, 3.05) is 0 Å². The summed E-state index contributed by atoms with van der Waals surface area (Å²) in [6.07, 6.45) is 0.709. The standard InChI is InChI=1S/C19H21N5O2S/c1-3-12(2)15(16(20)25)21-19(26)17-22-18(14-10-7-11-27-14)24(23-17)13-8-5-4-6-9-13/h4-12,15H,3H2,1-2H3,(H2,20,25)(H,21,26). The van der Waals surface area contributed by atoms with Crippen molar-refractivity contribution in [1.82, 2.24) is 20.1 Å². The number of rotatable bonds is 7. The molecule has 3 rings (SSSR count). The first-order chi connectivity index (χ1) is 13.0. The lowest BCUT2D eigenvalue weighted by Crippen LogP contribution is -2.48. The van der Waals surface area contributed by atoms with E-state index in [9.17, 15) is 9.59 Å². The number of amides is 2. The van der Waals surface area contributed by atoms with Crippen LogP contribution in [0.3, 0.4) is 0 Å². The van der Waals surface area contributed by atoms with Gasteiger partial charge in [0.1, 0.15) is 6.04 Å². The van der Waals surface area contributed by atoms with Crippen molar-refractivity contribution >= 4 is 23.2 Å². The van der Waals surface area contributed by atoms with E-state index < -0.39 is 17.9 Å². The predicted molar refractivity (Wildman–Crippen MR) is 105 cm³/mol. The Labute approximate surface area is 161 Å². The summed E-state index contributed by atoms with van der Waals surface area (Å²) in [7, 11) is 0. The van der Waals surface area contributed by atoms with Gasteiger partial charge in [0.25, 0.3) is 5.91 Å². The van der Waals surface area contributed by atoms with Gasteiger partial charge in [0.15, 0.2) is 5.82 Å². The molecule has 2 amide bonds. The fourth-order valence-corrected chi connectivity index (χ4v) is 3.36. The SMILES string of the molecule is CCC(C)C(NC(=O)c1nc(-c2cccs2)n(-c2ccccc2)n1)C(N)=O. The maximum Gasteiger partial charge on any atom is 0.291 e. The highest BCUT2D eigenvalue weighted by Gasteiger charge is 2.27. The van der Waals surface area contributed by atoms with Gasteiger partial charge in [0, 0.05) is 0 Å². The van der Waals surface area contributed by atoms with E-state index in [0.717, 1.165) is 10.6 Å². The first-order valence-electron chi connectivity index (χ1n) is 8.67. The minimum Gasteiger partial charge on any atom is -0.368 e. The number of thiophene rings is 1. The summed E-state index contributed by atoms with van der Waals surface area (Å²) in [5.41, 5.74) is 6.24. The molecule has 2 aromatic heterocycles. The Morgan fingerprint density at radius 3 is 2.56 bits per heavy atom. The Kier molecular flexibility index (Phi) is 5.66. The largest absolute Gasteiger partial charge is 0.368 e. The number of nitrogens with two attached hydrogens (primary N) is 1. The molecule has 0 radical (unpaired) electrons. The second-order valence-electron chi connectivity index (χ2n) is 6.22. The zero-order chi connectivity index (χ0) is 19.4. The topological polar surface area (TPSA) is 103 Å². The summed E-state index contributed by atoms with van der Waals surface area (Å²) in [5.74, 6) is -0.609. The molecule has 0 fully saturated rings. The van der Waals surface area contributed by atoms with Gasteiger partial charge in [-0.25, -0.2) is 9.67 Å². The highest BCUT2D eigenvalue weighted by atomic mass is 32.1. The molecule has 2 atom stereocenters. The van der Waals surface area contributed by atoms with Crippen molar-refractivity contribution in [3.8, 4) is 16.4 Å². The molecule has 0 bridgehead atoms. The Bertz CT molecular complexity index is 921. The van der Waals surface area contributed by atoms with Crippen LogP contribution in [0.5, 0.6) is 0 Å². The molecule has 2 heterocycles. The second kappa shape index (κ2) is 8.13. The molecule has 0 saturated carbocycles. The van der Waals surface area contributed by atoms with E-state index in [-0.39, 0.29) is 11.7 Å². The zero-order valence-electron chi connectivity index (χ0n) is 15.1. The van der Waals surface area contributed by atoms with E-state index >= 15 is 0 Å². The molecule has 8 heteroatoms. The summed E-state index contributed by atoms with van der Waals surface area (Å²) in [6.45, 7) is 3.80. The van der Waals surface area contributed by atoms with Crippen molar-refractivity contribution in [3.63, 3.8) is 0 Å². The van der Waals surface area contributed by atoms with Gasteiger partial charge in [0.2, 0.25) is 11.7 Å². The van der Waals surface area contributed by atoms with Gasteiger partial charge < -0.3 is 11.1 Å². The normalized spacial score (nSPS) is 13.1. The Balaban J connectivity index is 1.97. The van der Waals surface area contributed by atoms with Gasteiger partial charge in [-0.15, -0.1) is 16.4 Å². The molecular weight excluding hydrogens is 362 g/mol. The van der Waals surface area contributed by atoms with Gasteiger partial charge >= 0.3 is 0 Å². The Morgan fingerprint density at radius 1 is 1.22 bits per heavy atom. The molecule has 0 spiro atoms. The molecule has 7 nitrogen and oxygen atoms in total. The van der Waals surface area contributed by atoms with Crippen molar-refractivity contribution < 1.29 is 9.59 Å². The van der Waals surface area contributed by atoms with E-state index in [0.29, 0.717) is 12.2 Å². The van der Waals surface area contributed by atoms with Crippen LogP contribution in [0, 0.1) is 5.92 Å². The van der Waals surface area contributed by atoms with Crippen molar-refractivity contribution in [2.24, 2.45) is 11.7 Å². The molecule has 2 unspecified atom stereocenters. The summed E-state index contributed by atoms with van der Waals surface area (Å²) < 4.78 is 1.63. The number of nitrogens with zero attached hydrogens (tertiary/aromatic N) is 3. The minimum absolute atomic E-state index is 0.00296. The number of aromatic nitrogens is 3. The van der Waals surface area contributed by atoms with E-state index in [2.05, 4.69) is 15.4 Å². The fourth-order valence-electron chi connectivity index (χ4n) is 2.66.